The predicted octanol–water partition coefficient (Wildman–Crippen LogP) is 1.20. The zero-order valence-corrected chi connectivity index (χ0v) is 10.7. The first-order valence-corrected chi connectivity index (χ1v) is 6.23. The monoisotopic (exact) mass is 218 g/mol. The van der Waals surface area contributed by atoms with E-state index in [1.165, 1.54) is 0 Å². The molecule has 0 saturated heterocycles. The standard InChI is InChI=1S/C10H22N2OS/c1-10(2,3)11-9(13)8-12(4)6-7-14-5/h6-8H2,1-5H3,(H,11,13). The number of carbonyl (C=O) groups is 1. The maximum absolute atomic E-state index is 11.5. The molecule has 0 rings (SSSR count). The molecule has 0 aliphatic rings. The average molecular weight is 218 g/mol. The van der Waals surface area contributed by atoms with E-state index in [-0.39, 0.29) is 11.4 Å². The number of nitrogens with one attached hydrogen (secondary N) is 1. The van der Waals surface area contributed by atoms with Gasteiger partial charge in [-0.25, -0.2) is 0 Å². The molecule has 0 radical (unpaired) electrons. The molecule has 4 heteroatoms. The number of hydrogen-bond donors (Lipinski definition) is 1. The van der Waals surface area contributed by atoms with Crippen molar-refractivity contribution < 1.29 is 4.79 Å². The molecular weight excluding hydrogens is 196 g/mol. The van der Waals surface area contributed by atoms with E-state index in [0.29, 0.717) is 6.54 Å². The highest BCUT2D eigenvalue weighted by Crippen LogP contribution is 1.98. The molecule has 0 fully saturated rings. The van der Waals surface area contributed by atoms with Crippen LogP contribution < -0.4 is 5.32 Å². The van der Waals surface area contributed by atoms with Gasteiger partial charge in [-0.1, -0.05) is 0 Å². The van der Waals surface area contributed by atoms with Gasteiger partial charge in [0.05, 0.1) is 6.54 Å². The van der Waals surface area contributed by atoms with Crippen molar-refractivity contribution in [1.82, 2.24) is 10.2 Å². The number of likely N-dealkylation sites (N-methyl/N-ethyl adjacent to an activating group) is 1. The summed E-state index contributed by atoms with van der Waals surface area (Å²) in [5.41, 5.74) is -0.128. The molecule has 84 valence electrons. The molecule has 0 spiro atoms. The van der Waals surface area contributed by atoms with E-state index in [0.717, 1.165) is 12.3 Å². The average Bonchev–Trinajstić information content (AvgIpc) is 1.96. The van der Waals surface area contributed by atoms with Crippen LogP contribution in [0, 0.1) is 0 Å². The van der Waals surface area contributed by atoms with Gasteiger partial charge in [-0.15, -0.1) is 0 Å². The van der Waals surface area contributed by atoms with Crippen molar-refractivity contribution in [2.24, 2.45) is 0 Å². The third-order valence-corrected chi connectivity index (χ3v) is 2.20. The van der Waals surface area contributed by atoms with Gasteiger partial charge in [-0.05, 0) is 34.1 Å². The SMILES string of the molecule is CSCCN(C)CC(=O)NC(C)(C)C. The lowest BCUT2D eigenvalue weighted by atomic mass is 10.1. The summed E-state index contributed by atoms with van der Waals surface area (Å²) in [5, 5.41) is 2.94. The van der Waals surface area contributed by atoms with Crippen molar-refractivity contribution in [3.05, 3.63) is 0 Å². The summed E-state index contributed by atoms with van der Waals surface area (Å²) in [6.45, 7) is 7.42. The van der Waals surface area contributed by atoms with Gasteiger partial charge in [0, 0.05) is 17.8 Å². The van der Waals surface area contributed by atoms with Gasteiger partial charge >= 0.3 is 0 Å². The van der Waals surface area contributed by atoms with Crippen LogP contribution in [0.1, 0.15) is 20.8 Å². The van der Waals surface area contributed by atoms with Crippen molar-refractivity contribution >= 4 is 17.7 Å². The van der Waals surface area contributed by atoms with Crippen LogP contribution >= 0.6 is 11.8 Å². The Morgan fingerprint density at radius 1 is 1.43 bits per heavy atom. The summed E-state index contributed by atoms with van der Waals surface area (Å²) < 4.78 is 0. The summed E-state index contributed by atoms with van der Waals surface area (Å²) in [6.07, 6.45) is 2.07. The molecule has 0 aromatic carbocycles. The maximum atomic E-state index is 11.5. The van der Waals surface area contributed by atoms with Crippen LogP contribution in [0.25, 0.3) is 0 Å². The molecule has 0 aliphatic heterocycles. The van der Waals surface area contributed by atoms with E-state index in [1.807, 2.05) is 32.7 Å². The van der Waals surface area contributed by atoms with Gasteiger partial charge in [0.1, 0.15) is 0 Å². The van der Waals surface area contributed by atoms with E-state index in [9.17, 15) is 4.79 Å². The number of nitrogens with zero attached hydrogens (tertiary/aromatic N) is 1. The molecule has 0 aliphatic carbocycles. The Hall–Kier alpha value is -0.220. The number of carbonyl (C=O) groups excluding carboxylic acids is 1. The Kier molecular flexibility index (Phi) is 6.20. The zero-order chi connectivity index (χ0) is 11.2. The molecule has 0 heterocycles. The lowest BCUT2D eigenvalue weighted by Crippen LogP contribution is -2.45. The predicted molar refractivity (Wildman–Crippen MR) is 63.8 cm³/mol. The van der Waals surface area contributed by atoms with E-state index >= 15 is 0 Å². The van der Waals surface area contributed by atoms with Crippen LogP contribution in [0.4, 0.5) is 0 Å². The van der Waals surface area contributed by atoms with E-state index in [4.69, 9.17) is 0 Å². The van der Waals surface area contributed by atoms with Crippen LogP contribution in [-0.2, 0) is 4.79 Å². The number of hydrogen-bond acceptors (Lipinski definition) is 3. The van der Waals surface area contributed by atoms with Gasteiger partial charge < -0.3 is 5.32 Å². The Bertz CT molecular complexity index is 177. The second-order valence-electron chi connectivity index (χ2n) is 4.53. The minimum Gasteiger partial charge on any atom is -0.350 e. The summed E-state index contributed by atoms with van der Waals surface area (Å²) in [6, 6.07) is 0. The van der Waals surface area contributed by atoms with Gasteiger partial charge in [0.2, 0.25) is 5.91 Å². The number of thioether (sulfide) groups is 1. The Labute approximate surface area is 91.6 Å². The van der Waals surface area contributed by atoms with Crippen LogP contribution in [0.15, 0.2) is 0 Å². The lowest BCUT2D eigenvalue weighted by molar-refractivity contribution is -0.123. The first-order valence-electron chi connectivity index (χ1n) is 4.83. The van der Waals surface area contributed by atoms with Gasteiger partial charge in [-0.2, -0.15) is 11.8 Å². The van der Waals surface area contributed by atoms with Crippen molar-refractivity contribution in [3.63, 3.8) is 0 Å². The quantitative estimate of drug-likeness (QED) is 0.752. The Morgan fingerprint density at radius 2 is 2.00 bits per heavy atom. The highest BCUT2D eigenvalue weighted by molar-refractivity contribution is 7.98. The third kappa shape index (κ3) is 8.38. The zero-order valence-electron chi connectivity index (χ0n) is 9.89. The normalized spacial score (nSPS) is 11.9. The molecule has 0 saturated carbocycles. The molecule has 0 bridgehead atoms. The van der Waals surface area contributed by atoms with Crippen molar-refractivity contribution in [2.45, 2.75) is 26.3 Å². The van der Waals surface area contributed by atoms with Gasteiger partial charge in [0.25, 0.3) is 0 Å². The van der Waals surface area contributed by atoms with Crippen molar-refractivity contribution in [3.8, 4) is 0 Å². The molecule has 14 heavy (non-hydrogen) atoms. The molecule has 0 aromatic rings. The van der Waals surface area contributed by atoms with Crippen molar-refractivity contribution in [1.29, 1.82) is 0 Å². The molecular formula is C10H22N2OS. The van der Waals surface area contributed by atoms with Crippen LogP contribution in [-0.4, -0.2) is 48.5 Å². The highest BCUT2D eigenvalue weighted by Gasteiger charge is 2.14. The van der Waals surface area contributed by atoms with Crippen LogP contribution in [0.2, 0.25) is 0 Å². The first-order chi connectivity index (χ1) is 6.35. The minimum atomic E-state index is -0.128. The Morgan fingerprint density at radius 3 is 2.43 bits per heavy atom. The van der Waals surface area contributed by atoms with E-state index < -0.39 is 0 Å². The van der Waals surface area contributed by atoms with E-state index in [1.54, 1.807) is 11.8 Å². The van der Waals surface area contributed by atoms with Crippen molar-refractivity contribution in [2.75, 3.05) is 32.1 Å². The molecule has 0 aromatic heterocycles. The summed E-state index contributed by atoms with van der Waals surface area (Å²) in [7, 11) is 1.97. The van der Waals surface area contributed by atoms with E-state index in [2.05, 4.69) is 11.6 Å². The fraction of sp³-hybridized carbons (Fsp3) is 0.900. The fourth-order valence-electron chi connectivity index (χ4n) is 1.03. The smallest absolute Gasteiger partial charge is 0.234 e. The Balaban J connectivity index is 3.71. The lowest BCUT2D eigenvalue weighted by Gasteiger charge is -2.23. The summed E-state index contributed by atoms with van der Waals surface area (Å²) in [5.74, 6) is 1.17. The molecule has 0 unspecified atom stereocenters. The van der Waals surface area contributed by atoms with Crippen LogP contribution in [0.5, 0.6) is 0 Å². The second kappa shape index (κ2) is 6.30. The molecule has 0 atom stereocenters. The topological polar surface area (TPSA) is 32.3 Å². The third-order valence-electron chi connectivity index (χ3n) is 1.61. The molecule has 1 N–H and O–H groups in total. The highest BCUT2D eigenvalue weighted by atomic mass is 32.2. The largest absolute Gasteiger partial charge is 0.350 e. The number of amides is 1. The fourth-order valence-corrected chi connectivity index (χ4v) is 1.52. The second-order valence-corrected chi connectivity index (χ2v) is 5.51. The minimum absolute atomic E-state index is 0.0982. The van der Waals surface area contributed by atoms with Gasteiger partial charge in [0.15, 0.2) is 0 Å². The molecule has 1 amide bonds. The van der Waals surface area contributed by atoms with Gasteiger partial charge in [-0.3, -0.25) is 9.69 Å². The summed E-state index contributed by atoms with van der Waals surface area (Å²) in [4.78, 5) is 13.5. The number of rotatable bonds is 5. The molecule has 3 nitrogen and oxygen atoms in total. The summed E-state index contributed by atoms with van der Waals surface area (Å²) >= 11 is 1.80. The maximum Gasteiger partial charge on any atom is 0.234 e. The first kappa shape index (κ1) is 13.8. The van der Waals surface area contributed by atoms with Crippen LogP contribution in [0.3, 0.4) is 0 Å².